The van der Waals surface area contributed by atoms with Gasteiger partial charge in [0.25, 0.3) is 0 Å². The molecule has 11 heteroatoms. The summed E-state index contributed by atoms with van der Waals surface area (Å²) >= 11 is 1.84. The van der Waals surface area contributed by atoms with Crippen LogP contribution < -0.4 is 4.74 Å². The summed E-state index contributed by atoms with van der Waals surface area (Å²) in [6.45, 7) is 5.94. The van der Waals surface area contributed by atoms with Crippen LogP contribution in [0.3, 0.4) is 0 Å². The second-order valence-electron chi connectivity index (χ2n) is 7.27. The van der Waals surface area contributed by atoms with Crippen molar-refractivity contribution in [1.82, 2.24) is 14.9 Å². The Hall–Kier alpha value is -2.24. The lowest BCUT2D eigenvalue weighted by Gasteiger charge is -2.53. The topological polar surface area (TPSA) is 84.8 Å². The molecule has 2 aromatic heterocycles. The monoisotopic (exact) mass is 445 g/mol. The second kappa shape index (κ2) is 9.27. The number of alkyl halides is 3. The molecule has 0 aliphatic carbocycles. The molecule has 1 spiro atoms. The number of rotatable bonds is 4. The first kappa shape index (κ1) is 22.4. The number of aliphatic carboxylic acids is 1. The lowest BCUT2D eigenvalue weighted by Crippen LogP contribution is -2.65. The zero-order chi connectivity index (χ0) is 21.8. The van der Waals surface area contributed by atoms with Crippen LogP contribution in [0.25, 0.3) is 0 Å². The van der Waals surface area contributed by atoms with Crippen molar-refractivity contribution in [2.45, 2.75) is 44.2 Å². The molecule has 2 aromatic rings. The van der Waals surface area contributed by atoms with E-state index in [1.807, 2.05) is 11.3 Å². The van der Waals surface area contributed by atoms with Gasteiger partial charge in [-0.05, 0) is 30.0 Å². The number of aromatic nitrogens is 2. The molecule has 2 saturated heterocycles. The van der Waals surface area contributed by atoms with Gasteiger partial charge >= 0.3 is 18.2 Å². The van der Waals surface area contributed by atoms with Gasteiger partial charge in [-0.15, -0.1) is 11.3 Å². The van der Waals surface area contributed by atoms with E-state index < -0.39 is 12.1 Å². The summed E-state index contributed by atoms with van der Waals surface area (Å²) in [5, 5.41) is 9.29. The van der Waals surface area contributed by atoms with Gasteiger partial charge in [0.05, 0.1) is 12.2 Å². The minimum absolute atomic E-state index is 0.0388. The molecule has 0 aromatic carbocycles. The number of thiophene rings is 1. The van der Waals surface area contributed by atoms with Crippen LogP contribution in [-0.2, 0) is 16.1 Å². The van der Waals surface area contributed by atoms with E-state index in [4.69, 9.17) is 19.4 Å². The van der Waals surface area contributed by atoms with Gasteiger partial charge in [-0.3, -0.25) is 4.90 Å². The molecule has 0 saturated carbocycles. The Bertz CT molecular complexity index is 841. The van der Waals surface area contributed by atoms with Gasteiger partial charge in [0, 0.05) is 49.7 Å². The molecule has 164 valence electrons. The van der Waals surface area contributed by atoms with Crippen molar-refractivity contribution in [3.8, 4) is 6.01 Å². The van der Waals surface area contributed by atoms with Gasteiger partial charge < -0.3 is 14.6 Å². The third-order valence-electron chi connectivity index (χ3n) is 4.86. The molecule has 2 fully saturated rings. The Morgan fingerprint density at radius 2 is 2.07 bits per heavy atom. The van der Waals surface area contributed by atoms with Crippen LogP contribution in [0.2, 0.25) is 0 Å². The van der Waals surface area contributed by atoms with Gasteiger partial charge in [-0.1, -0.05) is 0 Å². The van der Waals surface area contributed by atoms with Crippen LogP contribution in [0.15, 0.2) is 29.9 Å². The van der Waals surface area contributed by atoms with Crippen LogP contribution in [0.4, 0.5) is 13.2 Å². The normalized spacial score (nSPS) is 20.7. The lowest BCUT2D eigenvalue weighted by molar-refractivity contribution is -0.192. The first-order chi connectivity index (χ1) is 14.2. The summed E-state index contributed by atoms with van der Waals surface area (Å²) in [5.41, 5.74) is 1.35. The highest BCUT2D eigenvalue weighted by molar-refractivity contribution is 7.10. The van der Waals surface area contributed by atoms with Crippen molar-refractivity contribution in [3.63, 3.8) is 0 Å². The Labute approximate surface area is 175 Å². The Balaban J connectivity index is 0.000000318. The van der Waals surface area contributed by atoms with E-state index in [9.17, 15) is 13.2 Å². The van der Waals surface area contributed by atoms with Crippen molar-refractivity contribution < 1.29 is 32.5 Å². The standard InChI is InChI=1S/C17H21N3O2S.C2HF3O2/c1-13-4-8-23-15(13)10-20-11-17(12-20)9-14(3-7-21-17)22-16-18-5-2-6-19-16;3-2(4,5)1(6)7/h2,4-6,8,14H,3,7,9-12H2,1H3;(H,6,7). The molecular weight excluding hydrogens is 423 g/mol. The molecule has 2 aliphatic heterocycles. The first-order valence-electron chi connectivity index (χ1n) is 9.30. The summed E-state index contributed by atoms with van der Waals surface area (Å²) in [6.07, 6.45) is 0.323. The lowest BCUT2D eigenvalue weighted by atomic mass is 9.84. The summed E-state index contributed by atoms with van der Waals surface area (Å²) in [7, 11) is 0. The van der Waals surface area contributed by atoms with Crippen LogP contribution in [0.1, 0.15) is 23.3 Å². The third kappa shape index (κ3) is 5.89. The molecule has 2 aliphatic rings. The average molecular weight is 445 g/mol. The summed E-state index contributed by atoms with van der Waals surface area (Å²) < 4.78 is 43.8. The number of likely N-dealkylation sites (tertiary alicyclic amines) is 1. The van der Waals surface area contributed by atoms with E-state index in [-0.39, 0.29) is 11.7 Å². The summed E-state index contributed by atoms with van der Waals surface area (Å²) in [4.78, 5) is 21.1. The highest BCUT2D eigenvalue weighted by Crippen LogP contribution is 2.36. The fourth-order valence-electron chi connectivity index (χ4n) is 3.45. The Kier molecular flexibility index (Phi) is 6.94. The number of carboxylic acids is 1. The molecule has 0 radical (unpaired) electrons. The van der Waals surface area contributed by atoms with Crippen molar-refractivity contribution in [3.05, 3.63) is 40.3 Å². The minimum Gasteiger partial charge on any atom is -0.475 e. The molecule has 1 unspecified atom stereocenters. The molecule has 0 bridgehead atoms. The van der Waals surface area contributed by atoms with Gasteiger partial charge in [-0.2, -0.15) is 13.2 Å². The molecule has 1 N–H and O–H groups in total. The summed E-state index contributed by atoms with van der Waals surface area (Å²) in [6, 6.07) is 4.46. The average Bonchev–Trinajstić information content (AvgIpc) is 3.06. The Morgan fingerprint density at radius 1 is 1.40 bits per heavy atom. The maximum absolute atomic E-state index is 10.6. The van der Waals surface area contributed by atoms with Gasteiger partial charge in [-0.25, -0.2) is 14.8 Å². The third-order valence-corrected chi connectivity index (χ3v) is 5.87. The van der Waals surface area contributed by atoms with Crippen LogP contribution in [0.5, 0.6) is 6.01 Å². The number of nitrogens with zero attached hydrogens (tertiary/aromatic N) is 3. The largest absolute Gasteiger partial charge is 0.490 e. The van der Waals surface area contributed by atoms with Crippen molar-refractivity contribution in [2.75, 3.05) is 19.7 Å². The highest BCUT2D eigenvalue weighted by Gasteiger charge is 2.48. The smallest absolute Gasteiger partial charge is 0.475 e. The van der Waals surface area contributed by atoms with Gasteiger partial charge in [0.1, 0.15) is 6.10 Å². The van der Waals surface area contributed by atoms with Gasteiger partial charge in [0.2, 0.25) is 0 Å². The molecule has 4 rings (SSSR count). The number of halogens is 3. The molecule has 30 heavy (non-hydrogen) atoms. The number of aryl methyl sites for hydroxylation is 1. The number of carbonyl (C=O) groups is 1. The maximum atomic E-state index is 10.6. The molecule has 0 amide bonds. The van der Waals surface area contributed by atoms with Crippen molar-refractivity contribution >= 4 is 17.3 Å². The quantitative estimate of drug-likeness (QED) is 0.773. The Morgan fingerprint density at radius 3 is 2.63 bits per heavy atom. The van der Waals surface area contributed by atoms with E-state index >= 15 is 0 Å². The molecule has 7 nitrogen and oxygen atoms in total. The second-order valence-corrected chi connectivity index (χ2v) is 8.27. The number of hydrogen-bond donors (Lipinski definition) is 1. The van der Waals surface area contributed by atoms with Gasteiger partial charge in [0.15, 0.2) is 0 Å². The minimum atomic E-state index is -5.08. The van der Waals surface area contributed by atoms with E-state index in [2.05, 4.69) is 33.2 Å². The predicted octanol–water partition coefficient (Wildman–Crippen LogP) is 3.29. The SMILES string of the molecule is Cc1ccsc1CN1CC2(CC(Oc3ncccn3)CCO2)C1.O=C(O)C(F)(F)F. The van der Waals surface area contributed by atoms with E-state index in [0.29, 0.717) is 6.01 Å². The van der Waals surface area contributed by atoms with E-state index in [0.717, 1.165) is 39.1 Å². The molecule has 1 atom stereocenters. The number of carboxylic acid groups (broad SMARTS) is 1. The van der Waals surface area contributed by atoms with Crippen molar-refractivity contribution in [2.24, 2.45) is 0 Å². The number of ether oxygens (including phenoxy) is 2. The fourth-order valence-corrected chi connectivity index (χ4v) is 4.40. The first-order valence-corrected chi connectivity index (χ1v) is 10.2. The zero-order valence-corrected chi connectivity index (χ0v) is 17.1. The number of hydrogen-bond acceptors (Lipinski definition) is 7. The highest BCUT2D eigenvalue weighted by atomic mass is 32.1. The molecular formula is C19H22F3N3O4S. The molecule has 4 heterocycles. The van der Waals surface area contributed by atoms with E-state index in [1.165, 1.54) is 10.4 Å². The maximum Gasteiger partial charge on any atom is 0.490 e. The predicted molar refractivity (Wildman–Crippen MR) is 102 cm³/mol. The van der Waals surface area contributed by atoms with Crippen molar-refractivity contribution in [1.29, 1.82) is 0 Å². The summed E-state index contributed by atoms with van der Waals surface area (Å²) in [5.74, 6) is -2.76. The van der Waals surface area contributed by atoms with Crippen LogP contribution >= 0.6 is 11.3 Å². The van der Waals surface area contributed by atoms with Crippen LogP contribution in [-0.4, -0.2) is 63.5 Å². The van der Waals surface area contributed by atoms with E-state index in [1.54, 1.807) is 18.5 Å². The fraction of sp³-hybridized carbons (Fsp3) is 0.526. The van der Waals surface area contributed by atoms with Crippen LogP contribution in [0, 0.1) is 6.92 Å². The zero-order valence-electron chi connectivity index (χ0n) is 16.3.